The zero-order chi connectivity index (χ0) is 14.3. The Labute approximate surface area is 123 Å². The average molecular weight is 353 g/mol. The molecule has 0 aliphatic carbocycles. The monoisotopic (exact) mass is 352 g/mol. The number of halogens is 1. The molecule has 0 aliphatic rings. The van der Waals surface area contributed by atoms with Crippen molar-refractivity contribution in [3.05, 3.63) is 34.9 Å². The minimum atomic E-state index is -3.39. The average Bonchev–Trinajstić information content (AvgIpc) is 2.87. The molecule has 0 amide bonds. The SMILES string of the molecule is CS(=O)(=O)c1nc(-c2ccc3ncc(Br)cc3c2)n[nH]1. The number of benzene rings is 1. The Hall–Kier alpha value is -1.80. The third-order valence-corrected chi connectivity index (χ3v) is 4.04. The first kappa shape index (κ1) is 13.2. The summed E-state index contributed by atoms with van der Waals surface area (Å²) in [7, 11) is -3.39. The second-order valence-corrected chi connectivity index (χ2v) is 7.14. The van der Waals surface area contributed by atoms with Crippen LogP contribution in [0.3, 0.4) is 0 Å². The maximum absolute atomic E-state index is 11.4. The van der Waals surface area contributed by atoms with E-state index >= 15 is 0 Å². The van der Waals surface area contributed by atoms with Crippen molar-refractivity contribution in [2.75, 3.05) is 6.26 Å². The molecule has 3 aromatic rings. The molecule has 2 aromatic heterocycles. The molecule has 0 saturated carbocycles. The number of pyridine rings is 1. The molecule has 102 valence electrons. The van der Waals surface area contributed by atoms with E-state index in [2.05, 4.69) is 36.1 Å². The van der Waals surface area contributed by atoms with Crippen LogP contribution in [0, 0.1) is 0 Å². The second-order valence-electron chi connectivity index (χ2n) is 4.30. The molecule has 20 heavy (non-hydrogen) atoms. The molecule has 0 saturated heterocycles. The lowest BCUT2D eigenvalue weighted by Gasteiger charge is -2.00. The van der Waals surface area contributed by atoms with Gasteiger partial charge < -0.3 is 0 Å². The van der Waals surface area contributed by atoms with Crippen molar-refractivity contribution in [3.8, 4) is 11.4 Å². The molecule has 1 N–H and O–H groups in total. The normalized spacial score (nSPS) is 11.9. The fourth-order valence-electron chi connectivity index (χ4n) is 1.79. The fraction of sp³-hybridized carbons (Fsp3) is 0.0833. The number of nitrogens with zero attached hydrogens (tertiary/aromatic N) is 3. The van der Waals surface area contributed by atoms with Crippen molar-refractivity contribution in [2.45, 2.75) is 5.16 Å². The van der Waals surface area contributed by atoms with Crippen LogP contribution in [0.5, 0.6) is 0 Å². The summed E-state index contributed by atoms with van der Waals surface area (Å²) in [5.74, 6) is 0.340. The predicted molar refractivity (Wildman–Crippen MR) is 77.9 cm³/mol. The van der Waals surface area contributed by atoms with Gasteiger partial charge in [0.05, 0.1) is 5.52 Å². The van der Waals surface area contributed by atoms with Gasteiger partial charge in [0.2, 0.25) is 15.0 Å². The quantitative estimate of drug-likeness (QED) is 0.763. The molecule has 1 aromatic carbocycles. The number of aromatic amines is 1. The molecule has 0 atom stereocenters. The lowest BCUT2D eigenvalue weighted by Crippen LogP contribution is -1.99. The molecule has 0 fully saturated rings. The first-order valence-corrected chi connectivity index (χ1v) is 8.30. The van der Waals surface area contributed by atoms with Crippen LogP contribution >= 0.6 is 15.9 Å². The molecule has 6 nitrogen and oxygen atoms in total. The van der Waals surface area contributed by atoms with Crippen LogP contribution in [-0.4, -0.2) is 34.8 Å². The minimum Gasteiger partial charge on any atom is -0.255 e. The van der Waals surface area contributed by atoms with Gasteiger partial charge in [-0.05, 0) is 40.2 Å². The van der Waals surface area contributed by atoms with Crippen LogP contribution in [0.15, 0.2) is 40.1 Å². The van der Waals surface area contributed by atoms with Gasteiger partial charge in [-0.1, -0.05) is 0 Å². The Balaban J connectivity index is 2.12. The van der Waals surface area contributed by atoms with Crippen molar-refractivity contribution < 1.29 is 8.42 Å². The molecule has 0 spiro atoms. The van der Waals surface area contributed by atoms with Gasteiger partial charge in [0.25, 0.3) is 0 Å². The van der Waals surface area contributed by atoms with Crippen LogP contribution in [0.4, 0.5) is 0 Å². The maximum atomic E-state index is 11.4. The van der Waals surface area contributed by atoms with Gasteiger partial charge in [0.1, 0.15) is 0 Å². The Morgan fingerprint density at radius 2 is 2.05 bits per heavy atom. The zero-order valence-electron chi connectivity index (χ0n) is 10.3. The summed E-state index contributed by atoms with van der Waals surface area (Å²) in [6.07, 6.45) is 2.80. The molecule has 8 heteroatoms. The van der Waals surface area contributed by atoms with Crippen molar-refractivity contribution in [1.29, 1.82) is 0 Å². The third-order valence-electron chi connectivity index (χ3n) is 2.72. The van der Waals surface area contributed by atoms with Crippen molar-refractivity contribution in [1.82, 2.24) is 20.2 Å². The zero-order valence-corrected chi connectivity index (χ0v) is 12.7. The van der Waals surface area contributed by atoms with Gasteiger partial charge in [-0.15, -0.1) is 0 Å². The molecule has 0 radical (unpaired) electrons. The number of fused-ring (bicyclic) bond motifs is 1. The van der Waals surface area contributed by atoms with E-state index in [1.54, 1.807) is 12.3 Å². The number of hydrogen-bond donors (Lipinski definition) is 1. The van der Waals surface area contributed by atoms with Crippen LogP contribution in [0.2, 0.25) is 0 Å². The smallest absolute Gasteiger partial charge is 0.243 e. The first-order valence-electron chi connectivity index (χ1n) is 5.61. The summed E-state index contributed by atoms with van der Waals surface area (Å²) < 4.78 is 23.6. The Morgan fingerprint density at radius 1 is 1.25 bits per heavy atom. The Kier molecular flexibility index (Phi) is 3.06. The lowest BCUT2D eigenvalue weighted by molar-refractivity contribution is 0.594. The van der Waals surface area contributed by atoms with Crippen molar-refractivity contribution in [2.24, 2.45) is 0 Å². The summed E-state index contributed by atoms with van der Waals surface area (Å²) in [6, 6.07) is 7.43. The number of nitrogens with one attached hydrogen (secondary N) is 1. The van der Waals surface area contributed by atoms with E-state index in [1.807, 2.05) is 18.2 Å². The molecular weight excluding hydrogens is 344 g/mol. The van der Waals surface area contributed by atoms with Gasteiger partial charge >= 0.3 is 0 Å². The van der Waals surface area contributed by atoms with E-state index in [4.69, 9.17) is 0 Å². The van der Waals surface area contributed by atoms with E-state index in [1.165, 1.54) is 0 Å². The summed E-state index contributed by atoms with van der Waals surface area (Å²) >= 11 is 3.36. The first-order chi connectivity index (χ1) is 9.43. The van der Waals surface area contributed by atoms with Gasteiger partial charge in [0.15, 0.2) is 5.82 Å². The summed E-state index contributed by atoms with van der Waals surface area (Å²) in [5, 5.41) is 7.14. The summed E-state index contributed by atoms with van der Waals surface area (Å²) in [4.78, 5) is 8.26. The number of rotatable bonds is 2. The molecule has 0 aliphatic heterocycles. The lowest BCUT2D eigenvalue weighted by atomic mass is 10.1. The van der Waals surface area contributed by atoms with Crippen LogP contribution in [0.25, 0.3) is 22.3 Å². The number of hydrogen-bond acceptors (Lipinski definition) is 5. The molecule has 0 bridgehead atoms. The molecule has 3 rings (SSSR count). The third kappa shape index (κ3) is 2.44. The number of aromatic nitrogens is 4. The van der Waals surface area contributed by atoms with Crippen LogP contribution in [-0.2, 0) is 9.84 Å². The van der Waals surface area contributed by atoms with E-state index < -0.39 is 9.84 Å². The fourth-order valence-corrected chi connectivity index (χ4v) is 2.60. The number of sulfone groups is 1. The van der Waals surface area contributed by atoms with E-state index in [0.29, 0.717) is 5.82 Å². The van der Waals surface area contributed by atoms with Gasteiger partial charge in [-0.2, -0.15) is 10.1 Å². The topological polar surface area (TPSA) is 88.6 Å². The van der Waals surface area contributed by atoms with Gasteiger partial charge in [0, 0.05) is 27.9 Å². The number of H-pyrrole nitrogens is 1. The van der Waals surface area contributed by atoms with E-state index in [-0.39, 0.29) is 5.16 Å². The standard InChI is InChI=1S/C12H9BrN4O2S/c1-20(18,19)12-15-11(16-17-12)7-2-3-10-8(4-7)5-9(13)6-14-10/h2-6H,1H3,(H,15,16,17). The molecule has 2 heterocycles. The van der Waals surface area contributed by atoms with Crippen molar-refractivity contribution in [3.63, 3.8) is 0 Å². The van der Waals surface area contributed by atoms with Crippen molar-refractivity contribution >= 4 is 36.7 Å². The van der Waals surface area contributed by atoms with Crippen LogP contribution in [0.1, 0.15) is 0 Å². The van der Waals surface area contributed by atoms with Gasteiger partial charge in [-0.3, -0.25) is 4.98 Å². The largest absolute Gasteiger partial charge is 0.255 e. The maximum Gasteiger partial charge on any atom is 0.243 e. The molecule has 0 unspecified atom stereocenters. The highest BCUT2D eigenvalue weighted by Crippen LogP contribution is 2.23. The van der Waals surface area contributed by atoms with E-state index in [9.17, 15) is 8.42 Å². The highest BCUT2D eigenvalue weighted by Gasteiger charge is 2.14. The molecular formula is C12H9BrN4O2S. The Morgan fingerprint density at radius 3 is 2.75 bits per heavy atom. The van der Waals surface area contributed by atoms with Gasteiger partial charge in [-0.25, -0.2) is 13.5 Å². The highest BCUT2D eigenvalue weighted by atomic mass is 79.9. The predicted octanol–water partition coefficient (Wildman–Crippen LogP) is 2.19. The highest BCUT2D eigenvalue weighted by molar-refractivity contribution is 9.10. The minimum absolute atomic E-state index is 0.139. The second kappa shape index (κ2) is 4.64. The Bertz CT molecular complexity index is 905. The summed E-state index contributed by atoms with van der Waals surface area (Å²) in [5.41, 5.74) is 1.57. The van der Waals surface area contributed by atoms with E-state index in [0.717, 1.165) is 27.2 Å². The van der Waals surface area contributed by atoms with Crippen LogP contribution < -0.4 is 0 Å². The summed E-state index contributed by atoms with van der Waals surface area (Å²) in [6.45, 7) is 0.